The maximum atomic E-state index is 11.9. The molecule has 0 saturated carbocycles. The van der Waals surface area contributed by atoms with Crippen molar-refractivity contribution in [1.82, 2.24) is 15.5 Å². The summed E-state index contributed by atoms with van der Waals surface area (Å²) >= 11 is 0. The van der Waals surface area contributed by atoms with Crippen LogP contribution in [0, 0.1) is 0 Å². The van der Waals surface area contributed by atoms with Gasteiger partial charge in [0.2, 0.25) is 5.91 Å². The smallest absolute Gasteiger partial charge is 0.409 e. The van der Waals surface area contributed by atoms with Gasteiger partial charge in [0.1, 0.15) is 0 Å². The molecule has 0 aliphatic carbocycles. The Morgan fingerprint density at radius 2 is 1.90 bits per heavy atom. The molecule has 2 aliphatic rings. The number of likely N-dealkylation sites (tertiary alicyclic amines) is 1. The van der Waals surface area contributed by atoms with Crippen LogP contribution in [0.5, 0.6) is 0 Å². The Hall–Kier alpha value is -2.77. The average Bonchev–Trinajstić information content (AvgIpc) is 3.19. The third-order valence-electron chi connectivity index (χ3n) is 5.45. The normalized spacial score (nSPS) is 17.9. The van der Waals surface area contributed by atoms with E-state index in [2.05, 4.69) is 10.6 Å². The number of hydrogen-bond donors (Lipinski definition) is 2. The zero-order valence-electron chi connectivity index (χ0n) is 18.0. The molecule has 8 nitrogen and oxygen atoms in total. The SMILES string of the molecule is CCNC(=NCc1ccc(N2CCCC2=O)cc1)NC1CCN(C(=O)OCC)CC1. The molecule has 2 N–H and O–H groups in total. The van der Waals surface area contributed by atoms with Gasteiger partial charge in [-0.05, 0) is 50.8 Å². The van der Waals surface area contributed by atoms with Gasteiger partial charge in [-0.2, -0.15) is 0 Å². The monoisotopic (exact) mass is 415 g/mol. The van der Waals surface area contributed by atoms with Crippen molar-refractivity contribution < 1.29 is 14.3 Å². The topological polar surface area (TPSA) is 86.3 Å². The van der Waals surface area contributed by atoms with Crippen LogP contribution in [0.4, 0.5) is 10.5 Å². The summed E-state index contributed by atoms with van der Waals surface area (Å²) in [5.41, 5.74) is 2.06. The largest absolute Gasteiger partial charge is 0.450 e. The number of nitrogens with zero attached hydrogens (tertiary/aromatic N) is 3. The van der Waals surface area contributed by atoms with Crippen molar-refractivity contribution in [3.05, 3.63) is 29.8 Å². The highest BCUT2D eigenvalue weighted by Gasteiger charge is 2.24. The Labute approximate surface area is 178 Å². The summed E-state index contributed by atoms with van der Waals surface area (Å²) in [6.45, 7) is 7.80. The first kappa shape index (κ1) is 21.9. The van der Waals surface area contributed by atoms with Gasteiger partial charge in [0.25, 0.3) is 0 Å². The van der Waals surface area contributed by atoms with Gasteiger partial charge in [-0.25, -0.2) is 9.79 Å². The van der Waals surface area contributed by atoms with Gasteiger partial charge >= 0.3 is 6.09 Å². The van der Waals surface area contributed by atoms with Crippen LogP contribution in [0.15, 0.2) is 29.3 Å². The number of amides is 2. The lowest BCUT2D eigenvalue weighted by Crippen LogP contribution is -2.49. The van der Waals surface area contributed by atoms with Crippen molar-refractivity contribution >= 4 is 23.6 Å². The highest BCUT2D eigenvalue weighted by atomic mass is 16.6. The van der Waals surface area contributed by atoms with Gasteiger partial charge in [0.15, 0.2) is 5.96 Å². The van der Waals surface area contributed by atoms with Crippen molar-refractivity contribution in [3.63, 3.8) is 0 Å². The number of piperidine rings is 1. The van der Waals surface area contributed by atoms with Crippen LogP contribution in [0.25, 0.3) is 0 Å². The van der Waals surface area contributed by atoms with E-state index in [1.54, 1.807) is 4.90 Å². The third-order valence-corrected chi connectivity index (χ3v) is 5.45. The van der Waals surface area contributed by atoms with Crippen LogP contribution in [-0.4, -0.2) is 61.7 Å². The molecule has 30 heavy (non-hydrogen) atoms. The number of hydrogen-bond acceptors (Lipinski definition) is 4. The molecule has 0 bridgehead atoms. The van der Waals surface area contributed by atoms with E-state index in [0.29, 0.717) is 32.7 Å². The predicted octanol–water partition coefficient (Wildman–Crippen LogP) is 2.49. The number of benzene rings is 1. The fraction of sp³-hybridized carbons (Fsp3) is 0.591. The summed E-state index contributed by atoms with van der Waals surface area (Å²) in [5, 5.41) is 6.78. The Bertz CT molecular complexity index is 742. The fourth-order valence-electron chi connectivity index (χ4n) is 3.81. The van der Waals surface area contributed by atoms with Gasteiger partial charge in [-0.1, -0.05) is 12.1 Å². The van der Waals surface area contributed by atoms with E-state index in [0.717, 1.165) is 49.6 Å². The summed E-state index contributed by atoms with van der Waals surface area (Å²) in [4.78, 5) is 32.0. The first-order chi connectivity index (χ1) is 14.6. The van der Waals surface area contributed by atoms with E-state index in [-0.39, 0.29) is 18.0 Å². The van der Waals surface area contributed by atoms with E-state index in [1.807, 2.05) is 43.0 Å². The second kappa shape index (κ2) is 10.8. The van der Waals surface area contributed by atoms with E-state index < -0.39 is 0 Å². The highest BCUT2D eigenvalue weighted by molar-refractivity contribution is 5.95. The molecule has 0 atom stereocenters. The Kier molecular flexibility index (Phi) is 7.93. The van der Waals surface area contributed by atoms with Crippen LogP contribution >= 0.6 is 0 Å². The summed E-state index contributed by atoms with van der Waals surface area (Å²) in [7, 11) is 0. The number of carbonyl (C=O) groups is 2. The number of guanidine groups is 1. The van der Waals surface area contributed by atoms with Crippen LogP contribution < -0.4 is 15.5 Å². The molecule has 8 heteroatoms. The molecular weight excluding hydrogens is 382 g/mol. The highest BCUT2D eigenvalue weighted by Crippen LogP contribution is 2.21. The molecule has 0 unspecified atom stereocenters. The number of nitrogens with one attached hydrogen (secondary N) is 2. The molecular formula is C22H33N5O3. The molecule has 0 radical (unpaired) electrons. The third kappa shape index (κ3) is 5.87. The molecule has 164 valence electrons. The second-order valence-electron chi connectivity index (χ2n) is 7.62. The molecule has 0 spiro atoms. The van der Waals surface area contributed by atoms with Crippen molar-refractivity contribution in [2.75, 3.05) is 37.7 Å². The van der Waals surface area contributed by atoms with Crippen molar-refractivity contribution in [3.8, 4) is 0 Å². The summed E-state index contributed by atoms with van der Waals surface area (Å²) in [6.07, 6.45) is 3.07. The summed E-state index contributed by atoms with van der Waals surface area (Å²) in [5.74, 6) is 0.985. The number of rotatable bonds is 6. The molecule has 2 aliphatic heterocycles. The standard InChI is InChI=1S/C22H33N5O3/c1-3-23-21(25-18-11-14-26(15-12-18)22(29)30-4-2)24-16-17-7-9-19(10-8-17)27-13-5-6-20(27)28/h7-10,18H,3-6,11-16H2,1-2H3,(H2,23,24,25). The quantitative estimate of drug-likeness (QED) is 0.551. The van der Waals surface area contributed by atoms with Gasteiger partial charge in [-0.15, -0.1) is 0 Å². The van der Waals surface area contributed by atoms with E-state index >= 15 is 0 Å². The molecule has 2 saturated heterocycles. The maximum Gasteiger partial charge on any atom is 0.409 e. The van der Waals surface area contributed by atoms with Gasteiger partial charge in [-0.3, -0.25) is 4.79 Å². The minimum Gasteiger partial charge on any atom is -0.450 e. The first-order valence-corrected chi connectivity index (χ1v) is 11.0. The lowest BCUT2D eigenvalue weighted by Gasteiger charge is -2.32. The molecule has 1 aromatic rings. The molecule has 1 aromatic carbocycles. The maximum absolute atomic E-state index is 11.9. The Balaban J connectivity index is 1.52. The first-order valence-electron chi connectivity index (χ1n) is 11.0. The van der Waals surface area contributed by atoms with Crippen LogP contribution in [0.2, 0.25) is 0 Å². The van der Waals surface area contributed by atoms with Crippen LogP contribution in [0.1, 0.15) is 45.1 Å². The number of anilines is 1. The van der Waals surface area contributed by atoms with Gasteiger partial charge in [0.05, 0.1) is 13.2 Å². The minimum atomic E-state index is -0.226. The zero-order chi connectivity index (χ0) is 21.3. The molecule has 3 rings (SSSR count). The Morgan fingerprint density at radius 3 is 2.50 bits per heavy atom. The summed E-state index contributed by atoms with van der Waals surface area (Å²) in [6, 6.07) is 8.34. The zero-order valence-corrected chi connectivity index (χ0v) is 18.0. The Morgan fingerprint density at radius 1 is 1.17 bits per heavy atom. The lowest BCUT2D eigenvalue weighted by atomic mass is 10.1. The van der Waals surface area contributed by atoms with Gasteiger partial charge < -0.3 is 25.2 Å². The lowest BCUT2D eigenvalue weighted by molar-refractivity contribution is -0.117. The molecule has 0 aromatic heterocycles. The van der Waals surface area contributed by atoms with Gasteiger partial charge in [0, 0.05) is 44.3 Å². The van der Waals surface area contributed by atoms with Crippen LogP contribution in [0.3, 0.4) is 0 Å². The number of aliphatic imine (C=N–C) groups is 1. The molecule has 2 fully saturated rings. The van der Waals surface area contributed by atoms with E-state index in [4.69, 9.17) is 9.73 Å². The number of carbonyl (C=O) groups excluding carboxylic acids is 2. The van der Waals surface area contributed by atoms with Crippen molar-refractivity contribution in [2.24, 2.45) is 4.99 Å². The van der Waals surface area contributed by atoms with E-state index in [1.165, 1.54) is 0 Å². The minimum absolute atomic E-state index is 0.202. The molecule has 2 amide bonds. The van der Waals surface area contributed by atoms with Crippen LogP contribution in [-0.2, 0) is 16.1 Å². The molecule has 2 heterocycles. The fourth-order valence-corrected chi connectivity index (χ4v) is 3.81. The summed E-state index contributed by atoms with van der Waals surface area (Å²) < 4.78 is 5.08. The average molecular weight is 416 g/mol. The predicted molar refractivity (Wildman–Crippen MR) is 118 cm³/mol. The van der Waals surface area contributed by atoms with Crippen molar-refractivity contribution in [1.29, 1.82) is 0 Å². The van der Waals surface area contributed by atoms with Crippen molar-refractivity contribution in [2.45, 2.75) is 52.1 Å². The van der Waals surface area contributed by atoms with E-state index in [9.17, 15) is 9.59 Å². The number of ether oxygens (including phenoxy) is 1. The second-order valence-corrected chi connectivity index (χ2v) is 7.62.